The number of aryl methyl sites for hydroxylation is 1. The van der Waals surface area contributed by atoms with Gasteiger partial charge in [0.1, 0.15) is 11.3 Å². The lowest BCUT2D eigenvalue weighted by Gasteiger charge is -2.16. The Bertz CT molecular complexity index is 696. The highest BCUT2D eigenvalue weighted by Gasteiger charge is 2.14. The molecule has 0 aliphatic carbocycles. The number of amides is 1. The van der Waals surface area contributed by atoms with Gasteiger partial charge >= 0.3 is 0 Å². The van der Waals surface area contributed by atoms with Crippen molar-refractivity contribution in [1.82, 2.24) is 4.90 Å². The van der Waals surface area contributed by atoms with Gasteiger partial charge in [-0.25, -0.2) is 0 Å². The summed E-state index contributed by atoms with van der Waals surface area (Å²) in [5.74, 6) is 0.808. The van der Waals surface area contributed by atoms with Gasteiger partial charge in [-0.05, 0) is 51.5 Å². The standard InChI is InChI=1S/C17H20BrNO2/c1-5-19(6-2)16(20)9-11(3)17-12(4)14-10-13(18)7-8-15(14)21-17/h7-10H,5-6H2,1-4H3. The van der Waals surface area contributed by atoms with Crippen LogP contribution in [0.5, 0.6) is 0 Å². The quantitative estimate of drug-likeness (QED) is 0.744. The van der Waals surface area contributed by atoms with Crippen LogP contribution < -0.4 is 0 Å². The molecule has 0 bridgehead atoms. The highest BCUT2D eigenvalue weighted by molar-refractivity contribution is 9.10. The first-order chi connectivity index (χ1) is 9.97. The highest BCUT2D eigenvalue weighted by Crippen LogP contribution is 2.31. The molecule has 1 aromatic heterocycles. The van der Waals surface area contributed by atoms with Crippen LogP contribution in [-0.2, 0) is 4.79 Å². The number of likely N-dealkylation sites (N-methyl/N-ethyl adjacent to an activating group) is 1. The van der Waals surface area contributed by atoms with Gasteiger partial charge in [-0.15, -0.1) is 0 Å². The van der Waals surface area contributed by atoms with Gasteiger partial charge in [-0.2, -0.15) is 0 Å². The number of furan rings is 1. The van der Waals surface area contributed by atoms with Crippen LogP contribution in [0.3, 0.4) is 0 Å². The van der Waals surface area contributed by atoms with Gasteiger partial charge in [-0.3, -0.25) is 4.79 Å². The first-order valence-electron chi connectivity index (χ1n) is 7.14. The first-order valence-corrected chi connectivity index (χ1v) is 7.93. The monoisotopic (exact) mass is 349 g/mol. The summed E-state index contributed by atoms with van der Waals surface area (Å²) >= 11 is 3.47. The lowest BCUT2D eigenvalue weighted by Crippen LogP contribution is -2.28. The zero-order chi connectivity index (χ0) is 15.6. The van der Waals surface area contributed by atoms with Gasteiger partial charge in [0.2, 0.25) is 5.91 Å². The molecule has 0 aliphatic heterocycles. The molecule has 1 amide bonds. The normalized spacial score (nSPS) is 12.0. The molecule has 0 atom stereocenters. The number of hydrogen-bond donors (Lipinski definition) is 0. The lowest BCUT2D eigenvalue weighted by atomic mass is 10.1. The molecule has 0 fully saturated rings. The summed E-state index contributed by atoms with van der Waals surface area (Å²) in [5.41, 5.74) is 2.76. The van der Waals surface area contributed by atoms with Crippen molar-refractivity contribution in [3.8, 4) is 0 Å². The van der Waals surface area contributed by atoms with E-state index in [2.05, 4.69) is 15.9 Å². The predicted octanol–water partition coefficient (Wildman–Crippen LogP) is 4.78. The second-order valence-corrected chi connectivity index (χ2v) is 5.95. The largest absolute Gasteiger partial charge is 0.456 e. The fourth-order valence-electron chi connectivity index (χ4n) is 2.45. The molecule has 0 saturated carbocycles. The van der Waals surface area contributed by atoms with E-state index in [1.165, 1.54) is 0 Å². The van der Waals surface area contributed by atoms with Crippen LogP contribution in [0.15, 0.2) is 33.2 Å². The molecule has 0 spiro atoms. The van der Waals surface area contributed by atoms with Crippen molar-refractivity contribution in [1.29, 1.82) is 0 Å². The lowest BCUT2D eigenvalue weighted by molar-refractivity contribution is -0.125. The van der Waals surface area contributed by atoms with E-state index in [0.717, 1.165) is 32.3 Å². The van der Waals surface area contributed by atoms with Gasteiger partial charge in [0.25, 0.3) is 0 Å². The van der Waals surface area contributed by atoms with Crippen LogP contribution >= 0.6 is 15.9 Å². The maximum atomic E-state index is 12.2. The average Bonchev–Trinajstić information content (AvgIpc) is 2.77. The van der Waals surface area contributed by atoms with Crippen LogP contribution in [0.25, 0.3) is 16.5 Å². The van der Waals surface area contributed by atoms with Gasteiger partial charge in [0.15, 0.2) is 0 Å². The minimum Gasteiger partial charge on any atom is -0.456 e. The number of allylic oxidation sites excluding steroid dienone is 1. The molecule has 4 heteroatoms. The topological polar surface area (TPSA) is 33.5 Å². The highest BCUT2D eigenvalue weighted by atomic mass is 79.9. The van der Waals surface area contributed by atoms with Crippen LogP contribution in [0, 0.1) is 6.92 Å². The number of nitrogens with zero attached hydrogens (tertiary/aromatic N) is 1. The van der Waals surface area contributed by atoms with Crippen LogP contribution in [-0.4, -0.2) is 23.9 Å². The SMILES string of the molecule is CCN(CC)C(=O)C=C(C)c1oc2ccc(Br)cc2c1C. The number of benzene rings is 1. The third-order valence-electron chi connectivity index (χ3n) is 3.67. The van der Waals surface area contributed by atoms with Crippen LogP contribution in [0.4, 0.5) is 0 Å². The molecule has 0 aliphatic rings. The molecule has 112 valence electrons. The molecule has 21 heavy (non-hydrogen) atoms. The molecule has 0 radical (unpaired) electrons. The Balaban J connectivity index is 2.41. The van der Waals surface area contributed by atoms with Gasteiger partial charge in [0, 0.05) is 34.6 Å². The zero-order valence-corrected chi connectivity index (χ0v) is 14.5. The van der Waals surface area contributed by atoms with E-state index in [0.29, 0.717) is 13.1 Å². The fraction of sp³-hybridized carbons (Fsp3) is 0.353. The minimum absolute atomic E-state index is 0.0264. The Morgan fingerprint density at radius 1 is 1.33 bits per heavy atom. The number of carbonyl (C=O) groups is 1. The Morgan fingerprint density at radius 3 is 2.62 bits per heavy atom. The predicted molar refractivity (Wildman–Crippen MR) is 90.2 cm³/mol. The second kappa shape index (κ2) is 6.48. The molecule has 0 saturated heterocycles. The van der Waals surface area contributed by atoms with E-state index in [4.69, 9.17) is 4.42 Å². The summed E-state index contributed by atoms with van der Waals surface area (Å²) < 4.78 is 6.92. The summed E-state index contributed by atoms with van der Waals surface area (Å²) in [6, 6.07) is 5.93. The van der Waals surface area contributed by atoms with Crippen molar-refractivity contribution >= 4 is 38.4 Å². The Morgan fingerprint density at radius 2 is 2.00 bits per heavy atom. The summed E-state index contributed by atoms with van der Waals surface area (Å²) in [7, 11) is 0. The molecular weight excluding hydrogens is 330 g/mol. The van der Waals surface area contributed by atoms with E-state index < -0.39 is 0 Å². The average molecular weight is 350 g/mol. The molecular formula is C17H20BrNO2. The first kappa shape index (κ1) is 15.8. The van der Waals surface area contributed by atoms with Crippen molar-refractivity contribution in [3.63, 3.8) is 0 Å². The molecule has 1 aromatic carbocycles. The molecule has 0 N–H and O–H groups in total. The van der Waals surface area contributed by atoms with Gasteiger partial charge in [0.05, 0.1) is 0 Å². The zero-order valence-electron chi connectivity index (χ0n) is 12.9. The van der Waals surface area contributed by atoms with Crippen LogP contribution in [0.1, 0.15) is 32.1 Å². The Labute approximate surface area is 133 Å². The summed E-state index contributed by atoms with van der Waals surface area (Å²) in [4.78, 5) is 14.0. The second-order valence-electron chi connectivity index (χ2n) is 5.03. The number of halogens is 1. The van der Waals surface area contributed by atoms with Crippen LogP contribution in [0.2, 0.25) is 0 Å². The number of hydrogen-bond acceptors (Lipinski definition) is 2. The Kier molecular flexibility index (Phi) is 4.88. The van der Waals surface area contributed by atoms with Crippen molar-refractivity contribution in [2.45, 2.75) is 27.7 Å². The fourth-order valence-corrected chi connectivity index (χ4v) is 2.81. The number of fused-ring (bicyclic) bond motifs is 1. The molecule has 1 heterocycles. The summed E-state index contributed by atoms with van der Waals surface area (Å²) in [6.07, 6.45) is 1.66. The maximum Gasteiger partial charge on any atom is 0.246 e. The van der Waals surface area contributed by atoms with E-state index in [-0.39, 0.29) is 5.91 Å². The third-order valence-corrected chi connectivity index (χ3v) is 4.16. The van der Waals surface area contributed by atoms with E-state index in [9.17, 15) is 4.79 Å². The maximum absolute atomic E-state index is 12.2. The van der Waals surface area contributed by atoms with E-state index in [1.54, 1.807) is 11.0 Å². The van der Waals surface area contributed by atoms with Crippen molar-refractivity contribution < 1.29 is 9.21 Å². The number of carbonyl (C=O) groups excluding carboxylic acids is 1. The molecule has 0 unspecified atom stereocenters. The van der Waals surface area contributed by atoms with Crippen molar-refractivity contribution in [2.24, 2.45) is 0 Å². The van der Waals surface area contributed by atoms with E-state index in [1.807, 2.05) is 45.9 Å². The van der Waals surface area contributed by atoms with Crippen molar-refractivity contribution in [2.75, 3.05) is 13.1 Å². The smallest absolute Gasteiger partial charge is 0.246 e. The molecule has 3 nitrogen and oxygen atoms in total. The number of rotatable bonds is 4. The van der Waals surface area contributed by atoms with Crippen molar-refractivity contribution in [3.05, 3.63) is 40.1 Å². The van der Waals surface area contributed by atoms with E-state index >= 15 is 0 Å². The molecule has 2 aromatic rings. The third kappa shape index (κ3) is 3.21. The van der Waals surface area contributed by atoms with Gasteiger partial charge in [-0.1, -0.05) is 15.9 Å². The minimum atomic E-state index is 0.0264. The summed E-state index contributed by atoms with van der Waals surface area (Å²) in [6.45, 7) is 9.33. The summed E-state index contributed by atoms with van der Waals surface area (Å²) in [5, 5.41) is 1.07. The van der Waals surface area contributed by atoms with Gasteiger partial charge < -0.3 is 9.32 Å². The molecule has 2 rings (SSSR count). The Hall–Kier alpha value is -1.55.